The molecule has 2 aromatic rings. The van der Waals surface area contributed by atoms with Crippen LogP contribution in [0.3, 0.4) is 0 Å². The highest BCUT2D eigenvalue weighted by Crippen LogP contribution is 2.25. The second-order valence-corrected chi connectivity index (χ2v) is 4.87. The van der Waals surface area contributed by atoms with E-state index in [-0.39, 0.29) is 5.97 Å². The van der Waals surface area contributed by atoms with Gasteiger partial charge in [0.05, 0.1) is 12.7 Å². The van der Waals surface area contributed by atoms with E-state index in [1.807, 2.05) is 79.7 Å². The molecule has 0 saturated heterocycles. The van der Waals surface area contributed by atoms with E-state index in [9.17, 15) is 4.79 Å². The van der Waals surface area contributed by atoms with Crippen LogP contribution < -0.4 is 4.90 Å². The van der Waals surface area contributed by atoms with Crippen LogP contribution >= 0.6 is 0 Å². The van der Waals surface area contributed by atoms with Crippen molar-refractivity contribution < 1.29 is 9.53 Å². The van der Waals surface area contributed by atoms with E-state index in [4.69, 9.17) is 4.74 Å². The second-order valence-electron chi connectivity index (χ2n) is 4.87. The Balaban J connectivity index is 2.55. The monoisotopic (exact) mass is 281 g/mol. The molecule has 2 rings (SSSR count). The van der Waals surface area contributed by atoms with Gasteiger partial charge in [0.1, 0.15) is 0 Å². The summed E-state index contributed by atoms with van der Waals surface area (Å²) in [6.45, 7) is 0. The topological polar surface area (TPSA) is 29.5 Å². The number of para-hydroxylation sites is 1. The van der Waals surface area contributed by atoms with Crippen LogP contribution in [0.25, 0.3) is 11.6 Å². The lowest BCUT2D eigenvalue weighted by Crippen LogP contribution is -2.10. The van der Waals surface area contributed by atoms with Crippen molar-refractivity contribution >= 4 is 23.3 Å². The molecule has 108 valence electrons. The lowest BCUT2D eigenvalue weighted by Gasteiger charge is -2.16. The SMILES string of the molecule is COC(=O)/C(=C/c1ccccc1N(C)C)c1ccccc1. The quantitative estimate of drug-likeness (QED) is 0.488. The Labute approximate surface area is 125 Å². The van der Waals surface area contributed by atoms with Gasteiger partial charge in [-0.3, -0.25) is 0 Å². The average molecular weight is 281 g/mol. The summed E-state index contributed by atoms with van der Waals surface area (Å²) < 4.78 is 4.92. The number of nitrogens with zero attached hydrogens (tertiary/aromatic N) is 1. The molecule has 0 N–H and O–H groups in total. The molecule has 0 aliphatic carbocycles. The molecule has 21 heavy (non-hydrogen) atoms. The normalized spacial score (nSPS) is 11.1. The first-order valence-electron chi connectivity index (χ1n) is 6.75. The summed E-state index contributed by atoms with van der Waals surface area (Å²) in [6.07, 6.45) is 1.87. The number of carbonyl (C=O) groups excluding carboxylic acids is 1. The van der Waals surface area contributed by atoms with Gasteiger partial charge in [-0.1, -0.05) is 48.5 Å². The van der Waals surface area contributed by atoms with Crippen LogP contribution in [0.1, 0.15) is 11.1 Å². The predicted octanol–water partition coefficient (Wildman–Crippen LogP) is 3.47. The standard InChI is InChI=1S/C18H19NO2/c1-19(2)17-12-8-7-11-15(17)13-16(18(20)21-3)14-9-5-4-6-10-14/h4-13H,1-3H3/b16-13+. The molecule has 3 heteroatoms. The highest BCUT2D eigenvalue weighted by Gasteiger charge is 2.13. The third-order valence-corrected chi connectivity index (χ3v) is 3.21. The van der Waals surface area contributed by atoms with Gasteiger partial charge in [-0.2, -0.15) is 0 Å². The smallest absolute Gasteiger partial charge is 0.338 e. The van der Waals surface area contributed by atoms with Gasteiger partial charge in [0.15, 0.2) is 0 Å². The third kappa shape index (κ3) is 3.51. The van der Waals surface area contributed by atoms with Gasteiger partial charge in [0.25, 0.3) is 0 Å². The van der Waals surface area contributed by atoms with E-state index in [1.165, 1.54) is 7.11 Å². The number of esters is 1. The summed E-state index contributed by atoms with van der Waals surface area (Å²) in [5.74, 6) is -0.338. The van der Waals surface area contributed by atoms with Crippen molar-refractivity contribution in [3.8, 4) is 0 Å². The van der Waals surface area contributed by atoms with Crippen molar-refractivity contribution in [1.29, 1.82) is 0 Å². The zero-order chi connectivity index (χ0) is 15.2. The fourth-order valence-electron chi connectivity index (χ4n) is 2.16. The van der Waals surface area contributed by atoms with Crippen molar-refractivity contribution in [3.05, 3.63) is 65.7 Å². The lowest BCUT2D eigenvalue weighted by atomic mass is 10.0. The zero-order valence-electron chi connectivity index (χ0n) is 12.5. The van der Waals surface area contributed by atoms with Crippen molar-refractivity contribution in [1.82, 2.24) is 0 Å². The fraction of sp³-hybridized carbons (Fsp3) is 0.167. The van der Waals surface area contributed by atoms with E-state index < -0.39 is 0 Å². The van der Waals surface area contributed by atoms with Gasteiger partial charge >= 0.3 is 5.97 Å². The van der Waals surface area contributed by atoms with Gasteiger partial charge in [-0.05, 0) is 23.3 Å². The Bertz CT molecular complexity index is 645. The minimum Gasteiger partial charge on any atom is -0.465 e. The molecule has 0 spiro atoms. The van der Waals surface area contributed by atoms with Crippen LogP contribution in [-0.4, -0.2) is 27.2 Å². The number of anilines is 1. The van der Waals surface area contributed by atoms with E-state index in [0.29, 0.717) is 5.57 Å². The molecule has 0 aliphatic heterocycles. The summed E-state index contributed by atoms with van der Waals surface area (Å²) >= 11 is 0. The summed E-state index contributed by atoms with van der Waals surface area (Å²) in [6, 6.07) is 17.5. The van der Waals surface area contributed by atoms with Crippen LogP contribution in [0.15, 0.2) is 54.6 Å². The number of benzene rings is 2. The minimum atomic E-state index is -0.338. The number of hydrogen-bond donors (Lipinski definition) is 0. The van der Waals surface area contributed by atoms with Gasteiger partial charge in [-0.25, -0.2) is 4.79 Å². The molecule has 3 nitrogen and oxygen atoms in total. The van der Waals surface area contributed by atoms with E-state index in [0.717, 1.165) is 16.8 Å². The van der Waals surface area contributed by atoms with E-state index in [2.05, 4.69) is 0 Å². The second kappa shape index (κ2) is 6.75. The molecule has 0 atom stereocenters. The van der Waals surface area contributed by atoms with Gasteiger partial charge in [-0.15, -0.1) is 0 Å². The zero-order valence-corrected chi connectivity index (χ0v) is 12.5. The lowest BCUT2D eigenvalue weighted by molar-refractivity contribution is -0.133. The highest BCUT2D eigenvalue weighted by atomic mass is 16.5. The molecular formula is C18H19NO2. The number of methoxy groups -OCH3 is 1. The molecule has 0 unspecified atom stereocenters. The highest BCUT2D eigenvalue weighted by molar-refractivity contribution is 6.21. The van der Waals surface area contributed by atoms with Crippen molar-refractivity contribution in [3.63, 3.8) is 0 Å². The number of ether oxygens (including phenoxy) is 1. The minimum absolute atomic E-state index is 0.338. The van der Waals surface area contributed by atoms with Gasteiger partial charge in [0.2, 0.25) is 0 Å². The van der Waals surface area contributed by atoms with Crippen molar-refractivity contribution in [2.75, 3.05) is 26.1 Å². The summed E-state index contributed by atoms with van der Waals surface area (Å²) in [7, 11) is 5.36. The molecular weight excluding hydrogens is 262 g/mol. The number of rotatable bonds is 4. The van der Waals surface area contributed by atoms with Crippen LogP contribution in [0.4, 0.5) is 5.69 Å². The average Bonchev–Trinajstić information content (AvgIpc) is 2.53. The van der Waals surface area contributed by atoms with E-state index in [1.54, 1.807) is 0 Å². The van der Waals surface area contributed by atoms with Crippen LogP contribution in [0.2, 0.25) is 0 Å². The number of hydrogen-bond acceptors (Lipinski definition) is 3. The summed E-state index contributed by atoms with van der Waals surface area (Å²) in [5, 5.41) is 0. The van der Waals surface area contributed by atoms with Crippen molar-refractivity contribution in [2.45, 2.75) is 0 Å². The van der Waals surface area contributed by atoms with Crippen LogP contribution in [0.5, 0.6) is 0 Å². The summed E-state index contributed by atoms with van der Waals surface area (Å²) in [4.78, 5) is 14.1. The summed E-state index contributed by atoms with van der Waals surface area (Å²) in [5.41, 5.74) is 3.42. The molecule has 0 fully saturated rings. The molecule has 0 saturated carbocycles. The van der Waals surface area contributed by atoms with Crippen LogP contribution in [0, 0.1) is 0 Å². The Hall–Kier alpha value is -2.55. The molecule has 0 bridgehead atoms. The maximum atomic E-state index is 12.1. The largest absolute Gasteiger partial charge is 0.465 e. The molecule has 0 heterocycles. The molecule has 0 aliphatic rings. The molecule has 2 aromatic carbocycles. The predicted molar refractivity (Wildman–Crippen MR) is 87.1 cm³/mol. The maximum Gasteiger partial charge on any atom is 0.338 e. The molecule has 0 amide bonds. The first kappa shape index (κ1) is 14.9. The first-order chi connectivity index (χ1) is 10.1. The number of carbonyl (C=O) groups is 1. The molecule has 0 aromatic heterocycles. The first-order valence-corrected chi connectivity index (χ1v) is 6.75. The van der Waals surface area contributed by atoms with Gasteiger partial charge in [0, 0.05) is 19.8 Å². The van der Waals surface area contributed by atoms with Crippen molar-refractivity contribution in [2.24, 2.45) is 0 Å². The third-order valence-electron chi connectivity index (χ3n) is 3.21. The van der Waals surface area contributed by atoms with E-state index >= 15 is 0 Å². The maximum absolute atomic E-state index is 12.1. The Kier molecular flexibility index (Phi) is 4.77. The Morgan fingerprint density at radius 3 is 2.24 bits per heavy atom. The van der Waals surface area contributed by atoms with Crippen LogP contribution in [-0.2, 0) is 9.53 Å². The van der Waals surface area contributed by atoms with Gasteiger partial charge < -0.3 is 9.64 Å². The Morgan fingerprint density at radius 1 is 1.00 bits per heavy atom. The fourth-order valence-corrected chi connectivity index (χ4v) is 2.16. The Morgan fingerprint density at radius 2 is 1.62 bits per heavy atom. The molecule has 0 radical (unpaired) electrons.